The number of carbonyl (C=O) groups is 2. The minimum Gasteiger partial charge on any atom is -0.308 e. The van der Waals surface area contributed by atoms with E-state index in [1.165, 1.54) is 6.92 Å². The van der Waals surface area contributed by atoms with Crippen LogP contribution in [0.2, 0.25) is 5.02 Å². The van der Waals surface area contributed by atoms with E-state index in [2.05, 4.69) is 0 Å². The van der Waals surface area contributed by atoms with Crippen molar-refractivity contribution in [2.75, 3.05) is 11.4 Å². The standard InChI is InChI=1S/C18H16ClNO2/c1-12(21)14-8-7-13-5-3-9-20(17(13)11-14)18(22)15-4-2-6-16(19)10-15/h2,4,6-8,10-11H,3,5,9H2,1H3. The summed E-state index contributed by atoms with van der Waals surface area (Å²) in [6, 6.07) is 12.5. The second kappa shape index (κ2) is 5.93. The Balaban J connectivity index is 2.02. The van der Waals surface area contributed by atoms with Crippen molar-refractivity contribution in [3.63, 3.8) is 0 Å². The molecular formula is C18H16ClNO2. The lowest BCUT2D eigenvalue weighted by Crippen LogP contribution is -2.35. The normalized spacial score (nSPS) is 13.6. The predicted octanol–water partition coefficient (Wildman–Crippen LogP) is 4.14. The summed E-state index contributed by atoms with van der Waals surface area (Å²) in [5.74, 6) is -0.0762. The highest BCUT2D eigenvalue weighted by Gasteiger charge is 2.24. The first-order chi connectivity index (χ1) is 10.6. The van der Waals surface area contributed by atoms with Crippen LogP contribution in [0.1, 0.15) is 39.6 Å². The van der Waals surface area contributed by atoms with Crippen LogP contribution in [-0.2, 0) is 6.42 Å². The third-order valence-corrected chi connectivity index (χ3v) is 4.16. The number of fused-ring (bicyclic) bond motifs is 1. The van der Waals surface area contributed by atoms with Gasteiger partial charge in [-0.3, -0.25) is 9.59 Å². The quantitative estimate of drug-likeness (QED) is 0.782. The summed E-state index contributed by atoms with van der Waals surface area (Å²) in [5.41, 5.74) is 3.13. The number of hydrogen-bond donors (Lipinski definition) is 0. The van der Waals surface area contributed by atoms with Crippen LogP contribution in [0, 0.1) is 0 Å². The van der Waals surface area contributed by atoms with Crippen LogP contribution in [-0.4, -0.2) is 18.2 Å². The van der Waals surface area contributed by atoms with Gasteiger partial charge in [-0.25, -0.2) is 0 Å². The molecule has 0 atom stereocenters. The van der Waals surface area contributed by atoms with Gasteiger partial charge in [-0.1, -0.05) is 29.8 Å². The molecular weight excluding hydrogens is 298 g/mol. The molecule has 22 heavy (non-hydrogen) atoms. The number of halogens is 1. The van der Waals surface area contributed by atoms with Crippen molar-refractivity contribution >= 4 is 29.0 Å². The topological polar surface area (TPSA) is 37.4 Å². The van der Waals surface area contributed by atoms with E-state index in [-0.39, 0.29) is 11.7 Å². The van der Waals surface area contributed by atoms with E-state index in [4.69, 9.17) is 11.6 Å². The fourth-order valence-corrected chi connectivity index (χ4v) is 2.97. The summed E-state index contributed by atoms with van der Waals surface area (Å²) in [6.45, 7) is 2.19. The number of Topliss-reactive ketones (excluding diaryl/α,β-unsaturated/α-hetero) is 1. The molecule has 0 N–H and O–H groups in total. The van der Waals surface area contributed by atoms with Gasteiger partial charge in [0.15, 0.2) is 5.78 Å². The third kappa shape index (κ3) is 2.77. The Morgan fingerprint density at radius 2 is 1.91 bits per heavy atom. The van der Waals surface area contributed by atoms with Gasteiger partial charge in [-0.15, -0.1) is 0 Å². The fourth-order valence-electron chi connectivity index (χ4n) is 2.78. The van der Waals surface area contributed by atoms with E-state index < -0.39 is 0 Å². The molecule has 3 rings (SSSR count). The SMILES string of the molecule is CC(=O)c1ccc2c(c1)N(C(=O)c1cccc(Cl)c1)CCC2. The van der Waals surface area contributed by atoms with Gasteiger partial charge in [0.1, 0.15) is 0 Å². The van der Waals surface area contributed by atoms with Crippen LogP contribution in [0.5, 0.6) is 0 Å². The van der Waals surface area contributed by atoms with Crippen LogP contribution in [0.25, 0.3) is 0 Å². The Kier molecular flexibility index (Phi) is 3.99. The van der Waals surface area contributed by atoms with Crippen LogP contribution < -0.4 is 4.90 Å². The lowest BCUT2D eigenvalue weighted by atomic mass is 9.97. The highest BCUT2D eigenvalue weighted by molar-refractivity contribution is 6.31. The smallest absolute Gasteiger partial charge is 0.258 e. The maximum Gasteiger partial charge on any atom is 0.258 e. The molecule has 4 heteroatoms. The number of anilines is 1. The molecule has 1 aliphatic heterocycles. The molecule has 0 aromatic heterocycles. The lowest BCUT2D eigenvalue weighted by Gasteiger charge is -2.30. The Labute approximate surface area is 134 Å². The monoisotopic (exact) mass is 313 g/mol. The minimum absolute atomic E-state index is 0.00327. The maximum absolute atomic E-state index is 12.8. The second-order valence-corrected chi connectivity index (χ2v) is 5.91. The minimum atomic E-state index is -0.0795. The van der Waals surface area contributed by atoms with Crippen LogP contribution in [0.4, 0.5) is 5.69 Å². The summed E-state index contributed by atoms with van der Waals surface area (Å²) in [4.78, 5) is 26.1. The first-order valence-electron chi connectivity index (χ1n) is 7.27. The van der Waals surface area contributed by atoms with Gasteiger partial charge in [0.2, 0.25) is 0 Å². The van der Waals surface area contributed by atoms with Crippen LogP contribution >= 0.6 is 11.6 Å². The van der Waals surface area contributed by atoms with E-state index in [9.17, 15) is 9.59 Å². The Morgan fingerprint density at radius 3 is 2.64 bits per heavy atom. The van der Waals surface area contributed by atoms with Crippen molar-refractivity contribution in [3.8, 4) is 0 Å². The van der Waals surface area contributed by atoms with Gasteiger partial charge in [0.25, 0.3) is 5.91 Å². The van der Waals surface area contributed by atoms with E-state index in [1.807, 2.05) is 18.2 Å². The van der Waals surface area contributed by atoms with E-state index >= 15 is 0 Å². The van der Waals surface area contributed by atoms with Crippen LogP contribution in [0.15, 0.2) is 42.5 Å². The first kappa shape index (κ1) is 14.8. The molecule has 2 aromatic carbocycles. The number of rotatable bonds is 2. The predicted molar refractivity (Wildman–Crippen MR) is 87.9 cm³/mol. The zero-order chi connectivity index (χ0) is 15.7. The highest BCUT2D eigenvalue weighted by Crippen LogP contribution is 2.30. The summed E-state index contributed by atoms with van der Waals surface area (Å²) in [7, 11) is 0. The lowest BCUT2D eigenvalue weighted by molar-refractivity contribution is 0.0981. The van der Waals surface area contributed by atoms with Crippen molar-refractivity contribution in [1.82, 2.24) is 0 Å². The van der Waals surface area contributed by atoms with Crippen molar-refractivity contribution < 1.29 is 9.59 Å². The molecule has 0 bridgehead atoms. The zero-order valence-corrected chi connectivity index (χ0v) is 13.1. The number of benzene rings is 2. The number of hydrogen-bond acceptors (Lipinski definition) is 2. The molecule has 112 valence electrons. The zero-order valence-electron chi connectivity index (χ0n) is 12.3. The van der Waals surface area contributed by atoms with Gasteiger partial charge in [0, 0.05) is 28.4 Å². The second-order valence-electron chi connectivity index (χ2n) is 5.47. The molecule has 0 aliphatic carbocycles. The molecule has 1 amide bonds. The largest absolute Gasteiger partial charge is 0.308 e. The number of aryl methyl sites for hydroxylation is 1. The Hall–Kier alpha value is -2.13. The average molecular weight is 314 g/mol. The molecule has 1 heterocycles. The van der Waals surface area contributed by atoms with Crippen LogP contribution in [0.3, 0.4) is 0 Å². The Morgan fingerprint density at radius 1 is 1.09 bits per heavy atom. The molecule has 0 saturated heterocycles. The number of carbonyl (C=O) groups excluding carboxylic acids is 2. The van der Waals surface area contributed by atoms with Gasteiger partial charge in [-0.05, 0) is 49.6 Å². The van der Waals surface area contributed by atoms with Gasteiger partial charge in [0.05, 0.1) is 0 Å². The number of amides is 1. The summed E-state index contributed by atoms with van der Waals surface area (Å²) in [6.07, 6.45) is 1.84. The van der Waals surface area contributed by atoms with Crippen molar-refractivity contribution in [2.24, 2.45) is 0 Å². The highest BCUT2D eigenvalue weighted by atomic mass is 35.5. The summed E-state index contributed by atoms with van der Waals surface area (Å²) >= 11 is 5.98. The summed E-state index contributed by atoms with van der Waals surface area (Å²) in [5, 5.41) is 0.542. The maximum atomic E-state index is 12.8. The molecule has 0 unspecified atom stereocenters. The number of ketones is 1. The summed E-state index contributed by atoms with van der Waals surface area (Å²) < 4.78 is 0. The molecule has 0 spiro atoms. The molecule has 2 aromatic rings. The van der Waals surface area contributed by atoms with Gasteiger partial charge < -0.3 is 4.90 Å². The fraction of sp³-hybridized carbons (Fsp3) is 0.222. The van der Waals surface area contributed by atoms with Crippen molar-refractivity contribution in [3.05, 3.63) is 64.2 Å². The van der Waals surface area contributed by atoms with Gasteiger partial charge in [-0.2, -0.15) is 0 Å². The molecule has 1 aliphatic rings. The first-order valence-corrected chi connectivity index (χ1v) is 7.65. The molecule has 3 nitrogen and oxygen atoms in total. The third-order valence-electron chi connectivity index (χ3n) is 3.93. The molecule has 0 saturated carbocycles. The molecule has 0 radical (unpaired) electrons. The van der Waals surface area contributed by atoms with Crippen molar-refractivity contribution in [1.29, 1.82) is 0 Å². The number of nitrogens with zero attached hydrogens (tertiary/aromatic N) is 1. The van der Waals surface area contributed by atoms with Gasteiger partial charge >= 0.3 is 0 Å². The molecule has 0 fully saturated rings. The van der Waals surface area contributed by atoms with E-state index in [1.54, 1.807) is 29.2 Å². The van der Waals surface area contributed by atoms with Crippen molar-refractivity contribution in [2.45, 2.75) is 19.8 Å². The van der Waals surface area contributed by atoms with E-state index in [0.29, 0.717) is 22.7 Å². The van der Waals surface area contributed by atoms with E-state index in [0.717, 1.165) is 24.1 Å². The average Bonchev–Trinajstić information content (AvgIpc) is 2.53. The Bertz CT molecular complexity index is 755.